The molecule has 6 nitrogen and oxygen atoms in total. The zero-order chi connectivity index (χ0) is 17.5. The Morgan fingerprint density at radius 2 is 1.72 bits per heavy atom. The zero-order valence-electron chi connectivity index (χ0n) is 13.9. The van der Waals surface area contributed by atoms with Crippen molar-refractivity contribution >= 4 is 13.0 Å². The van der Waals surface area contributed by atoms with Crippen LogP contribution in [0, 0.1) is 11.3 Å². The number of nitrogens with zero attached hydrogens (tertiary/aromatic N) is 1. The van der Waals surface area contributed by atoms with Crippen LogP contribution in [0.5, 0.6) is 11.5 Å². The maximum Gasteiger partial charge on any atom is 0.639 e. The lowest BCUT2D eigenvalue weighted by Crippen LogP contribution is -2.41. The quantitative estimate of drug-likeness (QED) is 0.846. The molecule has 25 heavy (non-hydrogen) atoms. The average Bonchev–Trinajstić information content (AvgIpc) is 2.91. The standard InChI is InChI=1S/C18H19BN2O4/c20-12-14-3-5-16(6-4-14)25-17-7-8-18(21)15(11-17)13-24-19-22-9-1-2-10-23-19/h3-8,11H,1-2,9-10,13,21H2/p+1. The van der Waals surface area contributed by atoms with E-state index in [1.807, 2.05) is 18.2 Å². The minimum atomic E-state index is -0.634. The maximum atomic E-state index is 8.84. The van der Waals surface area contributed by atoms with Gasteiger partial charge in [-0.15, -0.1) is 0 Å². The van der Waals surface area contributed by atoms with Gasteiger partial charge in [0.15, 0.2) is 0 Å². The molecule has 2 aromatic carbocycles. The molecule has 0 unspecified atom stereocenters. The minimum absolute atomic E-state index is 0.327. The van der Waals surface area contributed by atoms with Crippen molar-refractivity contribution < 1.29 is 24.4 Å². The van der Waals surface area contributed by atoms with E-state index in [2.05, 4.69) is 11.8 Å². The van der Waals surface area contributed by atoms with Crippen LogP contribution < -0.4 is 10.5 Å². The molecule has 0 radical (unpaired) electrons. The second-order valence-corrected chi connectivity index (χ2v) is 5.72. The van der Waals surface area contributed by atoms with Gasteiger partial charge < -0.3 is 24.4 Å². The summed E-state index contributed by atoms with van der Waals surface area (Å²) >= 11 is 0. The Labute approximate surface area is 147 Å². The smallest absolute Gasteiger partial charge is 0.457 e. The molecule has 1 aliphatic rings. The fraction of sp³-hybridized carbons (Fsp3) is 0.278. The number of benzene rings is 2. The van der Waals surface area contributed by atoms with Crippen molar-refractivity contribution in [2.45, 2.75) is 19.4 Å². The topological polar surface area (TPSA) is 88.4 Å². The summed E-state index contributed by atoms with van der Waals surface area (Å²) in [6.07, 6.45) is 1.96. The molecule has 0 amide bonds. The first-order valence-electron chi connectivity index (χ1n) is 8.22. The summed E-state index contributed by atoms with van der Waals surface area (Å²) in [4.78, 5) is 0. The Morgan fingerprint density at radius 1 is 1.04 bits per heavy atom. The van der Waals surface area contributed by atoms with Gasteiger partial charge in [0.05, 0.1) is 18.2 Å². The second kappa shape index (κ2) is 8.65. The highest BCUT2D eigenvalue weighted by molar-refractivity contribution is 6.36. The number of ether oxygens (including phenoxy) is 1. The molecule has 0 bridgehead atoms. The van der Waals surface area contributed by atoms with E-state index in [0.29, 0.717) is 36.9 Å². The van der Waals surface area contributed by atoms with Crippen molar-refractivity contribution in [3.8, 4) is 17.6 Å². The molecule has 0 aliphatic carbocycles. The molecular weight excluding hydrogens is 319 g/mol. The number of hydrogen-bond donors (Lipinski definition) is 1. The number of rotatable bonds is 5. The molecule has 7 heteroatoms. The van der Waals surface area contributed by atoms with Crippen molar-refractivity contribution in [2.75, 3.05) is 13.2 Å². The van der Waals surface area contributed by atoms with Gasteiger partial charge in [-0.05, 0) is 49.2 Å². The monoisotopic (exact) mass is 339 g/mol. The van der Waals surface area contributed by atoms with Gasteiger partial charge in [-0.1, -0.05) is 0 Å². The fourth-order valence-corrected chi connectivity index (χ4v) is 2.40. The van der Waals surface area contributed by atoms with E-state index in [0.717, 1.165) is 24.1 Å². The Bertz CT molecular complexity index is 738. The van der Waals surface area contributed by atoms with Crippen molar-refractivity contribution in [3.05, 3.63) is 53.6 Å². The molecule has 0 spiro atoms. The van der Waals surface area contributed by atoms with Gasteiger partial charge in [-0.3, -0.25) is 0 Å². The molecule has 1 fully saturated rings. The lowest BCUT2D eigenvalue weighted by atomic mass is 10.1. The molecule has 1 heterocycles. The third kappa shape index (κ3) is 5.05. The Hall–Kier alpha value is -2.37. The van der Waals surface area contributed by atoms with Gasteiger partial charge in [0.1, 0.15) is 17.2 Å². The van der Waals surface area contributed by atoms with Gasteiger partial charge in [0.25, 0.3) is 0 Å². The van der Waals surface area contributed by atoms with Crippen molar-refractivity contribution in [1.82, 2.24) is 0 Å². The molecule has 3 N–H and O–H groups in total. The fourth-order valence-electron chi connectivity index (χ4n) is 2.40. The van der Waals surface area contributed by atoms with Gasteiger partial charge in [-0.25, -0.2) is 0 Å². The molecular formula is C18H20BN2O4+. The van der Waals surface area contributed by atoms with Crippen LogP contribution in [0.2, 0.25) is 0 Å². The predicted octanol–water partition coefficient (Wildman–Crippen LogP) is 2.55. The number of nitriles is 1. The first kappa shape index (κ1) is 17.5. The van der Waals surface area contributed by atoms with Gasteiger partial charge in [0, 0.05) is 24.8 Å². The van der Waals surface area contributed by atoms with E-state index >= 15 is 0 Å². The largest absolute Gasteiger partial charge is 0.639 e. The summed E-state index contributed by atoms with van der Waals surface area (Å²) in [6.45, 7) is 1.61. The van der Waals surface area contributed by atoms with Crippen molar-refractivity contribution in [1.29, 1.82) is 5.26 Å². The van der Waals surface area contributed by atoms with Crippen LogP contribution >= 0.6 is 0 Å². The van der Waals surface area contributed by atoms with Gasteiger partial charge in [-0.2, -0.15) is 5.26 Å². The first-order chi connectivity index (χ1) is 12.2. The highest BCUT2D eigenvalue weighted by Gasteiger charge is 2.24. The van der Waals surface area contributed by atoms with E-state index in [1.54, 1.807) is 24.3 Å². The van der Waals surface area contributed by atoms with Gasteiger partial charge >= 0.3 is 7.32 Å². The van der Waals surface area contributed by atoms with E-state index in [4.69, 9.17) is 24.0 Å². The predicted molar refractivity (Wildman–Crippen MR) is 91.9 cm³/mol. The molecule has 2 aromatic rings. The van der Waals surface area contributed by atoms with E-state index in [9.17, 15) is 0 Å². The Morgan fingerprint density at radius 3 is 2.40 bits per heavy atom. The van der Waals surface area contributed by atoms with Crippen LogP contribution in [-0.4, -0.2) is 20.5 Å². The van der Waals surface area contributed by atoms with E-state index < -0.39 is 7.32 Å². The molecule has 0 aromatic heterocycles. The highest BCUT2D eigenvalue weighted by atomic mass is 16.7. The molecule has 128 valence electrons. The number of hydrogen-bond acceptors (Lipinski definition) is 5. The van der Waals surface area contributed by atoms with E-state index in [1.165, 1.54) is 0 Å². The van der Waals surface area contributed by atoms with Crippen molar-refractivity contribution in [2.24, 2.45) is 0 Å². The SMILES string of the molecule is N#Cc1ccc(Oc2ccc([NH3+])c(COB3OCCCCO3)c2)cc1. The highest BCUT2D eigenvalue weighted by Crippen LogP contribution is 2.25. The lowest BCUT2D eigenvalue weighted by molar-refractivity contribution is -0.256. The van der Waals surface area contributed by atoms with Crippen LogP contribution in [0.1, 0.15) is 24.0 Å². The van der Waals surface area contributed by atoms with Crippen LogP contribution in [0.4, 0.5) is 5.69 Å². The van der Waals surface area contributed by atoms with Gasteiger partial charge in [0.2, 0.25) is 0 Å². The summed E-state index contributed by atoms with van der Waals surface area (Å²) in [5, 5.41) is 8.84. The maximum absolute atomic E-state index is 8.84. The molecule has 1 aliphatic heterocycles. The average molecular weight is 339 g/mol. The van der Waals surface area contributed by atoms with E-state index in [-0.39, 0.29) is 0 Å². The summed E-state index contributed by atoms with van der Waals surface area (Å²) in [5.41, 5.74) is 6.38. The van der Waals surface area contributed by atoms with Crippen LogP contribution in [0.15, 0.2) is 42.5 Å². The third-order valence-electron chi connectivity index (χ3n) is 3.82. The first-order valence-corrected chi connectivity index (χ1v) is 8.22. The lowest BCUT2D eigenvalue weighted by Gasteiger charge is -2.12. The molecule has 1 saturated heterocycles. The minimum Gasteiger partial charge on any atom is -0.457 e. The second-order valence-electron chi connectivity index (χ2n) is 5.72. The normalized spacial score (nSPS) is 14.6. The Balaban J connectivity index is 1.64. The van der Waals surface area contributed by atoms with Crippen LogP contribution in [0.3, 0.4) is 0 Å². The van der Waals surface area contributed by atoms with Crippen LogP contribution in [0.25, 0.3) is 0 Å². The zero-order valence-corrected chi connectivity index (χ0v) is 13.9. The Kier molecular flexibility index (Phi) is 6.04. The number of quaternary nitrogens is 1. The summed E-state index contributed by atoms with van der Waals surface area (Å²) in [6, 6.07) is 14.7. The summed E-state index contributed by atoms with van der Waals surface area (Å²) in [5.74, 6) is 1.34. The third-order valence-corrected chi connectivity index (χ3v) is 3.82. The van der Waals surface area contributed by atoms with Crippen LogP contribution in [-0.2, 0) is 20.6 Å². The molecule has 0 atom stereocenters. The molecule has 0 saturated carbocycles. The van der Waals surface area contributed by atoms with Crippen molar-refractivity contribution in [3.63, 3.8) is 0 Å². The molecule has 3 rings (SSSR count). The summed E-state index contributed by atoms with van der Waals surface area (Å²) in [7, 11) is -0.634. The summed E-state index contributed by atoms with van der Waals surface area (Å²) < 4.78 is 22.5.